The van der Waals surface area contributed by atoms with E-state index in [1.807, 2.05) is 0 Å². The molecule has 2 atom stereocenters. The largest absolute Gasteiger partial charge is 0.352 e. The fourth-order valence-electron chi connectivity index (χ4n) is 1.91. The summed E-state index contributed by atoms with van der Waals surface area (Å²) in [5, 5.41) is 2.66. The van der Waals surface area contributed by atoms with Gasteiger partial charge in [-0.1, -0.05) is 6.92 Å². The Morgan fingerprint density at radius 2 is 2.15 bits per heavy atom. The summed E-state index contributed by atoms with van der Waals surface area (Å²) in [4.78, 5) is 11.5. The second-order valence-corrected chi connectivity index (χ2v) is 8.21. The van der Waals surface area contributed by atoms with Crippen LogP contribution in [0.2, 0.25) is 0 Å². The third kappa shape index (κ3) is 3.51. The summed E-state index contributed by atoms with van der Waals surface area (Å²) < 4.78 is 36.1. The van der Waals surface area contributed by atoms with E-state index in [4.69, 9.17) is 10.7 Å². The van der Waals surface area contributed by atoms with E-state index >= 15 is 0 Å². The highest BCUT2D eigenvalue weighted by Gasteiger charge is 2.32. The highest BCUT2D eigenvalue weighted by atomic mass is 79.9. The van der Waals surface area contributed by atoms with Crippen molar-refractivity contribution >= 4 is 41.6 Å². The fourth-order valence-corrected chi connectivity index (χ4v) is 4.18. The van der Waals surface area contributed by atoms with E-state index in [9.17, 15) is 17.6 Å². The van der Waals surface area contributed by atoms with Crippen LogP contribution in [0.5, 0.6) is 0 Å². The zero-order chi connectivity index (χ0) is 15.1. The zero-order valence-corrected chi connectivity index (χ0v) is 13.6. The third-order valence-electron chi connectivity index (χ3n) is 3.31. The first-order valence-corrected chi connectivity index (χ1v) is 9.02. The van der Waals surface area contributed by atoms with Gasteiger partial charge < -0.3 is 5.32 Å². The Balaban J connectivity index is 2.26. The van der Waals surface area contributed by atoms with Crippen LogP contribution in [0.25, 0.3) is 0 Å². The maximum absolute atomic E-state index is 13.4. The molecule has 0 bridgehead atoms. The van der Waals surface area contributed by atoms with Crippen molar-refractivity contribution < 1.29 is 17.6 Å². The minimum atomic E-state index is -4.13. The van der Waals surface area contributed by atoms with E-state index in [0.29, 0.717) is 18.4 Å². The van der Waals surface area contributed by atoms with Crippen LogP contribution in [0.3, 0.4) is 0 Å². The molecule has 1 aliphatic carbocycles. The van der Waals surface area contributed by atoms with Gasteiger partial charge in [0.15, 0.2) is 0 Å². The lowest BCUT2D eigenvalue weighted by atomic mass is 10.2. The summed E-state index contributed by atoms with van der Waals surface area (Å²) in [5.74, 6) is -0.359. The van der Waals surface area contributed by atoms with Crippen LogP contribution in [0.1, 0.15) is 23.7 Å². The van der Waals surface area contributed by atoms with Gasteiger partial charge in [0, 0.05) is 17.2 Å². The van der Waals surface area contributed by atoms with E-state index in [-0.39, 0.29) is 10.0 Å². The monoisotopic (exact) mass is 383 g/mol. The summed E-state index contributed by atoms with van der Waals surface area (Å²) in [6.45, 7) is 2.57. The molecule has 4 nitrogen and oxygen atoms in total. The van der Waals surface area contributed by atoms with Crippen LogP contribution >= 0.6 is 26.6 Å². The molecule has 0 aromatic heterocycles. The lowest BCUT2D eigenvalue weighted by Crippen LogP contribution is -2.26. The van der Waals surface area contributed by atoms with Gasteiger partial charge in [0.25, 0.3) is 15.0 Å². The predicted molar refractivity (Wildman–Crippen MR) is 76.7 cm³/mol. The lowest BCUT2D eigenvalue weighted by molar-refractivity contribution is 0.0950. The number of carbonyl (C=O) groups excluding carboxylic acids is 1. The van der Waals surface area contributed by atoms with Gasteiger partial charge in [-0.25, -0.2) is 12.8 Å². The standard InChI is InChI=1S/C12H12BrClFNO3S/c1-6-2-7(6)5-16-12(17)9-3-8(15)4-10(11(9)13)20(14,18)19/h3-4,6-7H,2,5H2,1H3,(H,16,17). The van der Waals surface area contributed by atoms with E-state index in [2.05, 4.69) is 28.2 Å². The Hall–Kier alpha value is -0.660. The molecule has 1 aromatic rings. The normalized spacial score (nSPS) is 21.6. The molecule has 1 saturated carbocycles. The van der Waals surface area contributed by atoms with Crippen molar-refractivity contribution in [2.45, 2.75) is 18.2 Å². The Labute approximate surface area is 129 Å². The molecule has 1 fully saturated rings. The van der Waals surface area contributed by atoms with Gasteiger partial charge in [0.05, 0.1) is 10.0 Å². The molecule has 0 aliphatic heterocycles. The van der Waals surface area contributed by atoms with Gasteiger partial charge in [-0.3, -0.25) is 4.79 Å². The lowest BCUT2D eigenvalue weighted by Gasteiger charge is -2.09. The molecule has 20 heavy (non-hydrogen) atoms. The quantitative estimate of drug-likeness (QED) is 0.812. The van der Waals surface area contributed by atoms with E-state index in [0.717, 1.165) is 18.6 Å². The number of nitrogens with one attached hydrogen (secondary N) is 1. The molecular formula is C12H12BrClFNO3S. The molecule has 1 aromatic carbocycles. The number of carbonyl (C=O) groups is 1. The molecule has 1 aliphatic rings. The van der Waals surface area contributed by atoms with Crippen LogP contribution in [-0.2, 0) is 9.05 Å². The van der Waals surface area contributed by atoms with Crippen molar-refractivity contribution in [1.29, 1.82) is 0 Å². The minimum absolute atomic E-state index is 0.0322. The summed E-state index contributed by atoms with van der Waals surface area (Å²) in [5.41, 5.74) is -0.0856. The highest BCUT2D eigenvalue weighted by molar-refractivity contribution is 9.10. The molecule has 2 unspecified atom stereocenters. The maximum Gasteiger partial charge on any atom is 0.262 e. The van der Waals surface area contributed by atoms with Gasteiger partial charge in [0.1, 0.15) is 10.7 Å². The number of rotatable bonds is 4. The first-order valence-electron chi connectivity index (χ1n) is 5.92. The first kappa shape index (κ1) is 15.7. The number of hydrogen-bond donors (Lipinski definition) is 1. The number of amides is 1. The Kier molecular flexibility index (Phi) is 4.41. The molecule has 0 saturated heterocycles. The molecule has 8 heteroatoms. The molecule has 1 N–H and O–H groups in total. The SMILES string of the molecule is CC1CC1CNC(=O)c1cc(F)cc(S(=O)(=O)Cl)c1Br. The topological polar surface area (TPSA) is 63.2 Å². The van der Waals surface area contributed by atoms with Crippen molar-refractivity contribution in [3.63, 3.8) is 0 Å². The number of halogens is 3. The number of benzene rings is 1. The summed E-state index contributed by atoms with van der Waals surface area (Å²) in [6.07, 6.45) is 1.05. The molecule has 1 amide bonds. The zero-order valence-electron chi connectivity index (χ0n) is 10.5. The number of hydrogen-bond acceptors (Lipinski definition) is 3. The molecule has 2 rings (SSSR count). The second-order valence-electron chi connectivity index (χ2n) is 4.89. The molecule has 110 valence electrons. The van der Waals surface area contributed by atoms with Gasteiger partial charge in [-0.05, 0) is 46.3 Å². The van der Waals surface area contributed by atoms with Crippen molar-refractivity contribution in [3.8, 4) is 0 Å². The van der Waals surface area contributed by atoms with E-state index < -0.39 is 25.7 Å². The molecule has 0 radical (unpaired) electrons. The van der Waals surface area contributed by atoms with Gasteiger partial charge >= 0.3 is 0 Å². The fraction of sp³-hybridized carbons (Fsp3) is 0.417. The van der Waals surface area contributed by atoms with Crippen LogP contribution in [0.15, 0.2) is 21.5 Å². The summed E-state index contributed by atoms with van der Waals surface area (Å²) in [7, 11) is 1.08. The van der Waals surface area contributed by atoms with Crippen LogP contribution in [-0.4, -0.2) is 20.9 Å². The Morgan fingerprint density at radius 1 is 1.55 bits per heavy atom. The van der Waals surface area contributed by atoms with Gasteiger partial charge in [0.2, 0.25) is 0 Å². The maximum atomic E-state index is 13.4. The van der Waals surface area contributed by atoms with Crippen molar-refractivity contribution in [2.75, 3.05) is 6.54 Å². The second kappa shape index (κ2) is 5.61. The molecule has 0 spiro atoms. The third-order valence-corrected chi connectivity index (χ3v) is 5.78. The van der Waals surface area contributed by atoms with Crippen molar-refractivity contribution in [2.24, 2.45) is 11.8 Å². The summed E-state index contributed by atoms with van der Waals surface area (Å²) >= 11 is 3.00. The Bertz CT molecular complexity index is 665. The smallest absolute Gasteiger partial charge is 0.262 e. The van der Waals surface area contributed by atoms with Crippen LogP contribution in [0, 0.1) is 17.7 Å². The van der Waals surface area contributed by atoms with Gasteiger partial charge in [-0.2, -0.15) is 0 Å². The average Bonchev–Trinajstić information content (AvgIpc) is 3.03. The van der Waals surface area contributed by atoms with Crippen LogP contribution < -0.4 is 5.32 Å². The Morgan fingerprint density at radius 3 is 2.65 bits per heavy atom. The minimum Gasteiger partial charge on any atom is -0.352 e. The molecular weight excluding hydrogens is 373 g/mol. The molecule has 0 heterocycles. The summed E-state index contributed by atoms with van der Waals surface area (Å²) in [6, 6.07) is 1.74. The van der Waals surface area contributed by atoms with Gasteiger partial charge in [-0.15, -0.1) is 0 Å². The van der Waals surface area contributed by atoms with E-state index in [1.54, 1.807) is 0 Å². The average molecular weight is 385 g/mol. The van der Waals surface area contributed by atoms with E-state index in [1.165, 1.54) is 0 Å². The first-order chi connectivity index (χ1) is 9.20. The highest BCUT2D eigenvalue weighted by Crippen LogP contribution is 2.37. The van der Waals surface area contributed by atoms with Crippen molar-refractivity contribution in [3.05, 3.63) is 28.0 Å². The van der Waals surface area contributed by atoms with Crippen molar-refractivity contribution in [1.82, 2.24) is 5.32 Å². The van der Waals surface area contributed by atoms with Crippen LogP contribution in [0.4, 0.5) is 4.39 Å². The predicted octanol–water partition coefficient (Wildman–Crippen LogP) is 2.90.